The van der Waals surface area contributed by atoms with Crippen molar-refractivity contribution >= 4 is 5.69 Å². The summed E-state index contributed by atoms with van der Waals surface area (Å²) in [6.45, 7) is 6.49. The van der Waals surface area contributed by atoms with Crippen LogP contribution in [0.1, 0.15) is 23.6 Å². The highest BCUT2D eigenvalue weighted by molar-refractivity contribution is 5.51. The summed E-state index contributed by atoms with van der Waals surface area (Å²) >= 11 is 0. The van der Waals surface area contributed by atoms with Gasteiger partial charge in [0.1, 0.15) is 5.75 Å². The molecule has 2 nitrogen and oxygen atoms in total. The second-order valence-electron chi connectivity index (χ2n) is 5.68. The Hall–Kier alpha value is -1.96. The number of benzene rings is 2. The Balaban J connectivity index is 2.11. The molecule has 0 radical (unpaired) electrons. The highest BCUT2D eigenvalue weighted by Crippen LogP contribution is 2.21. The van der Waals surface area contributed by atoms with Crippen LogP contribution in [0, 0.1) is 13.8 Å². The molecule has 0 saturated carbocycles. The number of phenolic OH excluding ortho intramolecular Hbond substituents is 1. The van der Waals surface area contributed by atoms with E-state index in [4.69, 9.17) is 0 Å². The first-order valence-electron chi connectivity index (χ1n) is 7.05. The Bertz CT molecular complexity index is 554. The largest absolute Gasteiger partial charge is 0.508 e. The van der Waals surface area contributed by atoms with E-state index in [0.717, 1.165) is 6.42 Å². The SMILES string of the molecule is Cc1cc(C)cc(N(C)C(C)Cc2ccc(O)cc2)c1. The van der Waals surface area contributed by atoms with Gasteiger partial charge in [0.25, 0.3) is 0 Å². The first-order valence-corrected chi connectivity index (χ1v) is 7.05. The van der Waals surface area contributed by atoms with Crippen LogP contribution >= 0.6 is 0 Å². The van der Waals surface area contributed by atoms with E-state index in [0.29, 0.717) is 11.8 Å². The maximum Gasteiger partial charge on any atom is 0.115 e. The molecular weight excluding hydrogens is 246 g/mol. The van der Waals surface area contributed by atoms with Crippen LogP contribution in [0.4, 0.5) is 5.69 Å². The molecule has 0 aromatic heterocycles. The summed E-state index contributed by atoms with van der Waals surface area (Å²) in [5.41, 5.74) is 5.09. The molecule has 20 heavy (non-hydrogen) atoms. The molecule has 0 fully saturated rings. The Morgan fingerprint density at radius 2 is 1.55 bits per heavy atom. The number of anilines is 1. The fraction of sp³-hybridized carbons (Fsp3) is 0.333. The van der Waals surface area contributed by atoms with Gasteiger partial charge in [0.2, 0.25) is 0 Å². The van der Waals surface area contributed by atoms with Crippen LogP contribution in [-0.2, 0) is 6.42 Å². The lowest BCUT2D eigenvalue weighted by Gasteiger charge is -2.28. The standard InChI is InChI=1S/C18H23NO/c1-13-9-14(2)11-17(10-13)19(4)15(3)12-16-5-7-18(20)8-6-16/h5-11,15,20H,12H2,1-4H3. The molecule has 1 atom stereocenters. The van der Waals surface area contributed by atoms with Gasteiger partial charge in [-0.2, -0.15) is 0 Å². The first kappa shape index (κ1) is 14.4. The molecule has 2 aromatic carbocycles. The van der Waals surface area contributed by atoms with Gasteiger partial charge in [0.15, 0.2) is 0 Å². The van der Waals surface area contributed by atoms with Crippen LogP contribution in [-0.4, -0.2) is 18.2 Å². The number of likely N-dealkylation sites (N-methyl/N-ethyl adjacent to an activating group) is 1. The second-order valence-corrected chi connectivity index (χ2v) is 5.68. The Morgan fingerprint density at radius 3 is 2.10 bits per heavy atom. The van der Waals surface area contributed by atoms with Gasteiger partial charge in [-0.1, -0.05) is 18.2 Å². The average molecular weight is 269 g/mol. The molecule has 0 spiro atoms. The normalized spacial score (nSPS) is 12.2. The van der Waals surface area contributed by atoms with E-state index in [2.05, 4.69) is 50.9 Å². The van der Waals surface area contributed by atoms with Crippen LogP contribution in [0.3, 0.4) is 0 Å². The van der Waals surface area contributed by atoms with Gasteiger partial charge in [-0.05, 0) is 68.1 Å². The van der Waals surface area contributed by atoms with E-state index in [1.54, 1.807) is 12.1 Å². The zero-order valence-corrected chi connectivity index (χ0v) is 12.7. The van der Waals surface area contributed by atoms with Gasteiger partial charge in [0.05, 0.1) is 0 Å². The molecule has 2 aromatic rings. The third kappa shape index (κ3) is 3.53. The molecule has 0 aliphatic rings. The minimum absolute atomic E-state index is 0.323. The summed E-state index contributed by atoms with van der Waals surface area (Å²) in [5, 5.41) is 9.33. The molecule has 0 heterocycles. The lowest BCUT2D eigenvalue weighted by Crippen LogP contribution is -2.30. The summed E-state index contributed by atoms with van der Waals surface area (Å²) in [5.74, 6) is 0.323. The molecule has 0 aliphatic heterocycles. The zero-order valence-electron chi connectivity index (χ0n) is 12.7. The Kier molecular flexibility index (Phi) is 4.33. The Labute approximate surface area is 121 Å². The van der Waals surface area contributed by atoms with Gasteiger partial charge in [-0.3, -0.25) is 0 Å². The van der Waals surface area contributed by atoms with Gasteiger partial charge in [-0.25, -0.2) is 0 Å². The quantitative estimate of drug-likeness (QED) is 0.904. The van der Waals surface area contributed by atoms with Crippen LogP contribution in [0.15, 0.2) is 42.5 Å². The molecule has 2 rings (SSSR count). The van der Waals surface area contributed by atoms with Gasteiger partial charge < -0.3 is 10.0 Å². The number of phenols is 1. The van der Waals surface area contributed by atoms with Crippen molar-refractivity contribution in [2.45, 2.75) is 33.2 Å². The molecule has 106 valence electrons. The Morgan fingerprint density at radius 1 is 1.00 bits per heavy atom. The summed E-state index contributed by atoms with van der Waals surface area (Å²) < 4.78 is 0. The maximum absolute atomic E-state index is 9.33. The van der Waals surface area contributed by atoms with Gasteiger partial charge in [0, 0.05) is 18.8 Å². The van der Waals surface area contributed by atoms with Crippen LogP contribution in [0.25, 0.3) is 0 Å². The first-order chi connectivity index (χ1) is 9.45. The number of hydrogen-bond acceptors (Lipinski definition) is 2. The molecule has 0 bridgehead atoms. The summed E-state index contributed by atoms with van der Waals surface area (Å²) in [6, 6.07) is 14.5. The smallest absolute Gasteiger partial charge is 0.115 e. The topological polar surface area (TPSA) is 23.5 Å². The molecule has 2 heteroatoms. The van der Waals surface area contributed by atoms with Crippen molar-refractivity contribution in [2.75, 3.05) is 11.9 Å². The van der Waals surface area contributed by atoms with Crippen LogP contribution in [0.5, 0.6) is 5.75 Å². The monoisotopic (exact) mass is 269 g/mol. The average Bonchev–Trinajstić information content (AvgIpc) is 2.39. The number of rotatable bonds is 4. The second kappa shape index (κ2) is 6.00. The fourth-order valence-electron chi connectivity index (χ4n) is 2.52. The minimum Gasteiger partial charge on any atom is -0.508 e. The number of nitrogens with zero attached hydrogens (tertiary/aromatic N) is 1. The van der Waals surface area contributed by atoms with E-state index in [9.17, 15) is 5.11 Å². The highest BCUT2D eigenvalue weighted by Gasteiger charge is 2.11. The van der Waals surface area contributed by atoms with E-state index in [1.807, 2.05) is 12.1 Å². The molecule has 1 N–H and O–H groups in total. The van der Waals surface area contributed by atoms with Crippen molar-refractivity contribution in [1.29, 1.82) is 0 Å². The summed E-state index contributed by atoms with van der Waals surface area (Å²) in [4.78, 5) is 2.31. The van der Waals surface area contributed by atoms with E-state index in [1.165, 1.54) is 22.4 Å². The number of hydrogen-bond donors (Lipinski definition) is 1. The number of aromatic hydroxyl groups is 1. The summed E-state index contributed by atoms with van der Waals surface area (Å²) in [7, 11) is 2.14. The minimum atomic E-state index is 0.323. The van der Waals surface area contributed by atoms with Crippen molar-refractivity contribution in [3.05, 3.63) is 59.2 Å². The fourth-order valence-corrected chi connectivity index (χ4v) is 2.52. The maximum atomic E-state index is 9.33. The predicted molar refractivity (Wildman–Crippen MR) is 85.6 cm³/mol. The molecular formula is C18H23NO. The van der Waals surface area contributed by atoms with Gasteiger partial charge in [-0.15, -0.1) is 0 Å². The third-order valence-corrected chi connectivity index (χ3v) is 3.74. The molecule has 0 saturated heterocycles. The predicted octanol–water partition coefficient (Wildman–Crippen LogP) is 4.08. The van der Waals surface area contributed by atoms with E-state index >= 15 is 0 Å². The van der Waals surface area contributed by atoms with Crippen molar-refractivity contribution in [3.63, 3.8) is 0 Å². The highest BCUT2D eigenvalue weighted by atomic mass is 16.3. The lowest BCUT2D eigenvalue weighted by molar-refractivity contribution is 0.475. The van der Waals surface area contributed by atoms with Crippen LogP contribution < -0.4 is 4.90 Å². The number of aryl methyl sites for hydroxylation is 2. The molecule has 0 amide bonds. The molecule has 1 unspecified atom stereocenters. The van der Waals surface area contributed by atoms with Crippen LogP contribution in [0.2, 0.25) is 0 Å². The van der Waals surface area contributed by atoms with Crippen molar-refractivity contribution in [1.82, 2.24) is 0 Å². The van der Waals surface area contributed by atoms with Crippen molar-refractivity contribution in [2.24, 2.45) is 0 Å². The zero-order chi connectivity index (χ0) is 14.7. The third-order valence-electron chi connectivity index (χ3n) is 3.74. The molecule has 0 aliphatic carbocycles. The van der Waals surface area contributed by atoms with E-state index in [-0.39, 0.29) is 0 Å². The van der Waals surface area contributed by atoms with E-state index < -0.39 is 0 Å². The van der Waals surface area contributed by atoms with Crippen molar-refractivity contribution < 1.29 is 5.11 Å². The van der Waals surface area contributed by atoms with Gasteiger partial charge >= 0.3 is 0 Å². The summed E-state index contributed by atoms with van der Waals surface area (Å²) in [6.07, 6.45) is 0.962. The van der Waals surface area contributed by atoms with Crippen molar-refractivity contribution in [3.8, 4) is 5.75 Å². The lowest BCUT2D eigenvalue weighted by atomic mass is 10.0.